The van der Waals surface area contributed by atoms with Crippen molar-refractivity contribution in [2.75, 3.05) is 6.54 Å². The lowest BCUT2D eigenvalue weighted by molar-refractivity contribution is -0.123. The van der Waals surface area contributed by atoms with Crippen LogP contribution in [0.3, 0.4) is 0 Å². The lowest BCUT2D eigenvalue weighted by atomic mass is 10.0. The zero-order chi connectivity index (χ0) is 9.26. The normalized spacial score (nSPS) is 33.7. The third kappa shape index (κ3) is 1.68. The average molecular weight is 179 g/mol. The van der Waals surface area contributed by atoms with Crippen molar-refractivity contribution in [2.24, 2.45) is 0 Å². The highest BCUT2D eigenvalue weighted by Gasteiger charge is 2.39. The molecule has 2 bridgehead atoms. The summed E-state index contributed by atoms with van der Waals surface area (Å²) >= 11 is 0. The highest BCUT2D eigenvalue weighted by Crippen LogP contribution is 2.33. The summed E-state index contributed by atoms with van der Waals surface area (Å²) in [5.41, 5.74) is 0. The summed E-state index contributed by atoms with van der Waals surface area (Å²) in [5.74, 6) is 0.474. The van der Waals surface area contributed by atoms with Gasteiger partial charge in [0, 0.05) is 31.5 Å². The van der Waals surface area contributed by atoms with Gasteiger partial charge in [-0.25, -0.2) is 0 Å². The fourth-order valence-electron chi connectivity index (χ4n) is 2.67. The van der Waals surface area contributed by atoms with E-state index in [1.54, 1.807) is 0 Å². The molecule has 2 aliphatic heterocycles. The second kappa shape index (κ2) is 3.62. The minimum atomic E-state index is 0.474. The van der Waals surface area contributed by atoms with Crippen molar-refractivity contribution in [3.8, 4) is 0 Å². The number of Topliss-reactive ketones (excluding diaryl/α,β-unsaturated/α-hetero) is 1. The van der Waals surface area contributed by atoms with Gasteiger partial charge in [0.05, 0.1) is 0 Å². The van der Waals surface area contributed by atoms with Crippen LogP contribution >= 0.6 is 0 Å². The summed E-state index contributed by atoms with van der Waals surface area (Å²) < 4.78 is 0. The van der Waals surface area contributed by atoms with Gasteiger partial charge in [-0.1, -0.05) is 6.08 Å². The number of carbonyl (C=O) groups is 1. The van der Waals surface area contributed by atoms with E-state index in [1.807, 2.05) is 6.08 Å². The van der Waals surface area contributed by atoms with Crippen LogP contribution in [0, 0.1) is 0 Å². The quantitative estimate of drug-likeness (QED) is 0.615. The van der Waals surface area contributed by atoms with Crippen molar-refractivity contribution in [1.29, 1.82) is 0 Å². The Balaban J connectivity index is 1.97. The maximum absolute atomic E-state index is 11.3. The first-order chi connectivity index (χ1) is 6.31. The molecular weight excluding hydrogens is 162 g/mol. The molecule has 2 heteroatoms. The van der Waals surface area contributed by atoms with Crippen LogP contribution in [0.15, 0.2) is 12.7 Å². The molecule has 0 radical (unpaired) electrons. The highest BCUT2D eigenvalue weighted by atomic mass is 16.1. The van der Waals surface area contributed by atoms with Gasteiger partial charge < -0.3 is 0 Å². The van der Waals surface area contributed by atoms with Gasteiger partial charge in [0.2, 0.25) is 0 Å². The summed E-state index contributed by atoms with van der Waals surface area (Å²) in [6, 6.07) is 1.12. The second-order valence-corrected chi connectivity index (χ2v) is 4.15. The number of hydrogen-bond donors (Lipinski definition) is 0. The van der Waals surface area contributed by atoms with E-state index in [0.29, 0.717) is 17.9 Å². The summed E-state index contributed by atoms with van der Waals surface area (Å²) in [4.78, 5) is 13.8. The van der Waals surface area contributed by atoms with Crippen LogP contribution in [0.5, 0.6) is 0 Å². The lowest BCUT2D eigenvalue weighted by Crippen LogP contribution is -2.43. The fraction of sp³-hybridized carbons (Fsp3) is 0.727. The average Bonchev–Trinajstić information content (AvgIpc) is 2.33. The summed E-state index contributed by atoms with van der Waals surface area (Å²) in [6.45, 7) is 4.84. The predicted octanol–water partition coefficient (Wildman–Crippen LogP) is 1.76. The van der Waals surface area contributed by atoms with Crippen LogP contribution in [0.1, 0.15) is 32.1 Å². The van der Waals surface area contributed by atoms with Crippen molar-refractivity contribution in [3.05, 3.63) is 12.7 Å². The van der Waals surface area contributed by atoms with Crippen molar-refractivity contribution >= 4 is 5.78 Å². The molecule has 2 atom stereocenters. The van der Waals surface area contributed by atoms with Crippen molar-refractivity contribution in [3.63, 3.8) is 0 Å². The third-order valence-electron chi connectivity index (χ3n) is 3.29. The maximum atomic E-state index is 11.3. The molecule has 0 aromatic rings. The molecule has 72 valence electrons. The monoisotopic (exact) mass is 179 g/mol. The first-order valence-electron chi connectivity index (χ1n) is 5.19. The molecule has 0 unspecified atom stereocenters. The molecule has 2 rings (SSSR count). The number of hydrogen-bond acceptors (Lipinski definition) is 2. The first-order valence-corrected chi connectivity index (χ1v) is 5.19. The van der Waals surface area contributed by atoms with Gasteiger partial charge in [-0.15, -0.1) is 6.58 Å². The standard InChI is InChI=1S/C11H17NO/c1-2-3-6-12-9-4-5-10(12)8-11(13)7-9/h2,9-10H,1,3-8H2/t9-,10+. The Morgan fingerprint density at radius 2 is 2.00 bits per heavy atom. The Hall–Kier alpha value is -0.630. The van der Waals surface area contributed by atoms with Gasteiger partial charge in [0.1, 0.15) is 5.78 Å². The van der Waals surface area contributed by atoms with Crippen LogP contribution in [0.25, 0.3) is 0 Å². The topological polar surface area (TPSA) is 20.3 Å². The van der Waals surface area contributed by atoms with E-state index >= 15 is 0 Å². The van der Waals surface area contributed by atoms with Gasteiger partial charge in [-0.3, -0.25) is 9.69 Å². The maximum Gasteiger partial charge on any atom is 0.136 e. The Bertz CT molecular complexity index is 208. The lowest BCUT2D eigenvalue weighted by Gasteiger charge is -2.33. The van der Waals surface area contributed by atoms with Crippen LogP contribution in [-0.2, 0) is 4.79 Å². The summed E-state index contributed by atoms with van der Waals surface area (Å²) in [7, 11) is 0. The van der Waals surface area contributed by atoms with E-state index in [-0.39, 0.29) is 0 Å². The fourth-order valence-corrected chi connectivity index (χ4v) is 2.67. The van der Waals surface area contributed by atoms with E-state index in [2.05, 4.69) is 11.5 Å². The second-order valence-electron chi connectivity index (χ2n) is 4.15. The van der Waals surface area contributed by atoms with Crippen LogP contribution in [0.2, 0.25) is 0 Å². The Morgan fingerprint density at radius 1 is 1.38 bits per heavy atom. The molecule has 0 amide bonds. The van der Waals surface area contributed by atoms with Crippen LogP contribution < -0.4 is 0 Å². The third-order valence-corrected chi connectivity index (χ3v) is 3.29. The number of carbonyl (C=O) groups excluding carboxylic acids is 1. The van der Waals surface area contributed by atoms with E-state index in [9.17, 15) is 4.79 Å². The van der Waals surface area contributed by atoms with E-state index in [0.717, 1.165) is 25.8 Å². The number of piperidine rings is 1. The molecule has 2 nitrogen and oxygen atoms in total. The van der Waals surface area contributed by atoms with Crippen molar-refractivity contribution in [2.45, 2.75) is 44.2 Å². The van der Waals surface area contributed by atoms with Gasteiger partial charge in [0.15, 0.2) is 0 Å². The smallest absolute Gasteiger partial charge is 0.136 e. The van der Waals surface area contributed by atoms with Crippen LogP contribution in [0.4, 0.5) is 0 Å². The summed E-state index contributed by atoms with van der Waals surface area (Å²) in [6.07, 6.45) is 7.08. The van der Waals surface area contributed by atoms with Crippen molar-refractivity contribution in [1.82, 2.24) is 4.90 Å². The van der Waals surface area contributed by atoms with E-state index in [4.69, 9.17) is 0 Å². The molecule has 0 aromatic carbocycles. The number of ketones is 1. The molecular formula is C11H17NO. The Labute approximate surface area is 79.6 Å². The number of fused-ring (bicyclic) bond motifs is 2. The molecule has 0 spiro atoms. The summed E-state index contributed by atoms with van der Waals surface area (Å²) in [5, 5.41) is 0. The molecule has 2 heterocycles. The van der Waals surface area contributed by atoms with Gasteiger partial charge in [-0.05, 0) is 19.3 Å². The van der Waals surface area contributed by atoms with E-state index in [1.165, 1.54) is 12.8 Å². The first kappa shape index (κ1) is 8.95. The molecule has 0 saturated carbocycles. The largest absolute Gasteiger partial charge is 0.300 e. The minimum Gasteiger partial charge on any atom is -0.300 e. The Kier molecular flexibility index (Phi) is 2.49. The Morgan fingerprint density at radius 3 is 2.54 bits per heavy atom. The molecule has 0 aliphatic carbocycles. The van der Waals surface area contributed by atoms with E-state index < -0.39 is 0 Å². The van der Waals surface area contributed by atoms with Crippen molar-refractivity contribution < 1.29 is 4.79 Å². The number of rotatable bonds is 3. The van der Waals surface area contributed by atoms with Gasteiger partial charge >= 0.3 is 0 Å². The minimum absolute atomic E-state index is 0.474. The molecule has 0 aromatic heterocycles. The molecule has 2 saturated heterocycles. The van der Waals surface area contributed by atoms with Gasteiger partial charge in [0.25, 0.3) is 0 Å². The zero-order valence-electron chi connectivity index (χ0n) is 8.04. The zero-order valence-corrected chi connectivity index (χ0v) is 8.04. The predicted molar refractivity (Wildman–Crippen MR) is 52.6 cm³/mol. The SMILES string of the molecule is C=CCCN1[C@@H]2CC[C@H]1CC(=O)C2. The molecule has 0 N–H and O–H groups in total. The molecule has 2 fully saturated rings. The number of nitrogens with zero attached hydrogens (tertiary/aromatic N) is 1. The molecule has 2 aliphatic rings. The van der Waals surface area contributed by atoms with Gasteiger partial charge in [-0.2, -0.15) is 0 Å². The molecule has 13 heavy (non-hydrogen) atoms. The highest BCUT2D eigenvalue weighted by molar-refractivity contribution is 5.80. The van der Waals surface area contributed by atoms with Crippen LogP contribution in [-0.4, -0.2) is 29.3 Å².